The van der Waals surface area contributed by atoms with Crippen molar-refractivity contribution in [2.45, 2.75) is 164 Å². The van der Waals surface area contributed by atoms with E-state index in [1.165, 1.54) is 51.4 Å². The fourth-order valence-electron chi connectivity index (χ4n) is 6.10. The molecule has 0 radical (unpaired) electrons. The monoisotopic (exact) mass is 655 g/mol. The standard InChI is InChI=1S/C38H70O8/c1-10-19-21-23-24-26-27-29-31-33(35(46-45-18-9)37(42-15-6)36(41-14-5)34(31)40-13-4)38(43-16-7,44-17-8)32(39-12-3)30-28-25-22-20-11-2/h32H,10-30H2,1-9H3. The molecular weight excluding hydrogens is 584 g/mol. The molecule has 0 amide bonds. The van der Waals surface area contributed by atoms with Crippen LogP contribution in [-0.2, 0) is 31.3 Å². The van der Waals surface area contributed by atoms with Gasteiger partial charge in [0.05, 0.1) is 32.0 Å². The van der Waals surface area contributed by atoms with Crippen LogP contribution in [0.4, 0.5) is 0 Å². The Hall–Kier alpha value is -1.74. The number of hydrogen-bond donors (Lipinski definition) is 0. The van der Waals surface area contributed by atoms with E-state index in [0.717, 1.165) is 49.7 Å². The lowest BCUT2D eigenvalue weighted by Gasteiger charge is -2.42. The molecule has 1 rings (SSSR count). The van der Waals surface area contributed by atoms with E-state index < -0.39 is 11.9 Å². The highest BCUT2D eigenvalue weighted by Crippen LogP contribution is 2.56. The molecule has 1 aromatic rings. The summed E-state index contributed by atoms with van der Waals surface area (Å²) >= 11 is 0. The molecule has 1 atom stereocenters. The Bertz CT molecular complexity index is 884. The summed E-state index contributed by atoms with van der Waals surface area (Å²) in [6, 6.07) is 0. The minimum atomic E-state index is -1.30. The molecular formula is C38H70O8. The maximum Gasteiger partial charge on any atom is 0.226 e. The first-order chi connectivity index (χ1) is 22.5. The maximum absolute atomic E-state index is 6.81. The molecule has 0 spiro atoms. The van der Waals surface area contributed by atoms with Crippen LogP contribution in [-0.4, -0.2) is 52.4 Å². The largest absolute Gasteiger partial charge is 0.490 e. The second-order valence-electron chi connectivity index (χ2n) is 11.5. The first-order valence-corrected chi connectivity index (χ1v) is 18.8. The molecule has 0 aliphatic carbocycles. The summed E-state index contributed by atoms with van der Waals surface area (Å²) in [6.07, 6.45) is 15.2. The van der Waals surface area contributed by atoms with E-state index in [4.69, 9.17) is 38.2 Å². The predicted molar refractivity (Wildman–Crippen MR) is 188 cm³/mol. The summed E-state index contributed by atoms with van der Waals surface area (Å²) in [6.45, 7) is 21.3. The van der Waals surface area contributed by atoms with Crippen LogP contribution in [0.3, 0.4) is 0 Å². The molecule has 1 unspecified atom stereocenters. The summed E-state index contributed by atoms with van der Waals surface area (Å²) in [5.74, 6) is 0.722. The van der Waals surface area contributed by atoms with Crippen molar-refractivity contribution in [3.05, 3.63) is 11.1 Å². The van der Waals surface area contributed by atoms with Crippen LogP contribution in [0, 0.1) is 0 Å². The molecule has 0 aliphatic heterocycles. The number of benzene rings is 1. The molecule has 1 aromatic carbocycles. The average molecular weight is 655 g/mol. The minimum Gasteiger partial charge on any atom is -0.490 e. The normalized spacial score (nSPS) is 12.4. The van der Waals surface area contributed by atoms with Gasteiger partial charge in [-0.05, 0) is 67.7 Å². The van der Waals surface area contributed by atoms with E-state index in [2.05, 4.69) is 13.8 Å². The highest BCUT2D eigenvalue weighted by molar-refractivity contribution is 5.68. The van der Waals surface area contributed by atoms with Gasteiger partial charge in [-0.15, -0.1) is 0 Å². The van der Waals surface area contributed by atoms with Gasteiger partial charge in [-0.3, -0.25) is 0 Å². The van der Waals surface area contributed by atoms with Gasteiger partial charge in [0, 0.05) is 25.4 Å². The van der Waals surface area contributed by atoms with Gasteiger partial charge in [-0.2, -0.15) is 4.89 Å². The Morgan fingerprint density at radius 2 is 0.978 bits per heavy atom. The van der Waals surface area contributed by atoms with Gasteiger partial charge in [0.25, 0.3) is 0 Å². The van der Waals surface area contributed by atoms with Crippen LogP contribution >= 0.6 is 0 Å². The van der Waals surface area contributed by atoms with Crippen molar-refractivity contribution in [1.29, 1.82) is 0 Å². The zero-order valence-electron chi connectivity index (χ0n) is 31.2. The first kappa shape index (κ1) is 42.3. The van der Waals surface area contributed by atoms with E-state index in [1.54, 1.807) is 0 Å². The Labute approximate surface area is 282 Å². The minimum absolute atomic E-state index is 0.345. The highest BCUT2D eigenvalue weighted by Gasteiger charge is 2.50. The van der Waals surface area contributed by atoms with Crippen molar-refractivity contribution < 1.29 is 38.2 Å². The van der Waals surface area contributed by atoms with Gasteiger partial charge in [-0.25, -0.2) is 0 Å². The lowest BCUT2D eigenvalue weighted by molar-refractivity contribution is -0.303. The van der Waals surface area contributed by atoms with Crippen molar-refractivity contribution in [3.63, 3.8) is 0 Å². The molecule has 0 fully saturated rings. The quantitative estimate of drug-likeness (QED) is 0.0339. The summed E-state index contributed by atoms with van der Waals surface area (Å²) in [5, 5.41) is 0. The molecule has 8 heteroatoms. The molecule has 270 valence electrons. The van der Waals surface area contributed by atoms with Crippen molar-refractivity contribution in [2.75, 3.05) is 46.2 Å². The zero-order chi connectivity index (χ0) is 34.0. The van der Waals surface area contributed by atoms with Crippen molar-refractivity contribution >= 4 is 0 Å². The molecule has 46 heavy (non-hydrogen) atoms. The molecule has 0 aromatic heterocycles. The molecule has 0 heterocycles. The highest BCUT2D eigenvalue weighted by atomic mass is 17.2. The SMILES string of the molecule is CCCCCCCCCc1c(OCC)c(OCC)c(OCC)c(OOCC)c1C(OCC)(OCC)C(CCCCCCC)OCC. The Morgan fingerprint density at radius 1 is 0.478 bits per heavy atom. The second-order valence-corrected chi connectivity index (χ2v) is 11.5. The number of unbranched alkanes of at least 4 members (excludes halogenated alkanes) is 10. The predicted octanol–water partition coefficient (Wildman–Crippen LogP) is 10.5. The Kier molecular flexibility index (Phi) is 24.1. The molecule has 0 saturated carbocycles. The van der Waals surface area contributed by atoms with Crippen LogP contribution in [0.15, 0.2) is 0 Å². The smallest absolute Gasteiger partial charge is 0.226 e. The third kappa shape index (κ3) is 13.0. The van der Waals surface area contributed by atoms with Gasteiger partial charge in [0.1, 0.15) is 6.10 Å². The fourth-order valence-corrected chi connectivity index (χ4v) is 6.10. The lowest BCUT2D eigenvalue weighted by Crippen LogP contribution is -2.47. The fraction of sp³-hybridized carbons (Fsp3) is 0.842. The van der Waals surface area contributed by atoms with E-state index in [9.17, 15) is 0 Å². The van der Waals surface area contributed by atoms with E-state index in [1.807, 2.05) is 48.5 Å². The van der Waals surface area contributed by atoms with Gasteiger partial charge in [-0.1, -0.05) is 84.5 Å². The van der Waals surface area contributed by atoms with Crippen molar-refractivity contribution in [1.82, 2.24) is 0 Å². The summed E-state index contributed by atoms with van der Waals surface area (Å²) < 4.78 is 39.3. The second kappa shape index (κ2) is 26.2. The third-order valence-electron chi connectivity index (χ3n) is 8.01. The number of hydrogen-bond acceptors (Lipinski definition) is 8. The van der Waals surface area contributed by atoms with Crippen LogP contribution in [0.2, 0.25) is 0 Å². The van der Waals surface area contributed by atoms with Crippen molar-refractivity contribution in [3.8, 4) is 23.0 Å². The Balaban J connectivity index is 4.12. The van der Waals surface area contributed by atoms with Crippen LogP contribution in [0.1, 0.15) is 157 Å². The van der Waals surface area contributed by atoms with Gasteiger partial charge in [0.2, 0.25) is 23.0 Å². The Morgan fingerprint density at radius 3 is 1.48 bits per heavy atom. The molecule has 0 aliphatic rings. The molecule has 0 N–H and O–H groups in total. The summed E-state index contributed by atoms with van der Waals surface area (Å²) in [5.41, 5.74) is 1.66. The van der Waals surface area contributed by atoms with Crippen molar-refractivity contribution in [2.24, 2.45) is 0 Å². The summed E-state index contributed by atoms with van der Waals surface area (Å²) in [7, 11) is 0. The van der Waals surface area contributed by atoms with Gasteiger partial charge < -0.3 is 33.3 Å². The van der Waals surface area contributed by atoms with E-state index >= 15 is 0 Å². The first-order valence-electron chi connectivity index (χ1n) is 18.8. The average Bonchev–Trinajstić information content (AvgIpc) is 3.05. The molecule has 8 nitrogen and oxygen atoms in total. The maximum atomic E-state index is 6.81. The lowest BCUT2D eigenvalue weighted by atomic mass is 9.87. The van der Waals surface area contributed by atoms with E-state index in [-0.39, 0.29) is 0 Å². The summed E-state index contributed by atoms with van der Waals surface area (Å²) in [4.78, 5) is 11.9. The zero-order valence-corrected chi connectivity index (χ0v) is 31.2. The van der Waals surface area contributed by atoms with Gasteiger partial charge in [0.15, 0.2) is 5.75 Å². The topological polar surface area (TPSA) is 73.8 Å². The van der Waals surface area contributed by atoms with E-state index in [0.29, 0.717) is 69.2 Å². The third-order valence-corrected chi connectivity index (χ3v) is 8.01. The van der Waals surface area contributed by atoms with Crippen LogP contribution in [0.25, 0.3) is 0 Å². The number of ether oxygens (including phenoxy) is 6. The van der Waals surface area contributed by atoms with Crippen LogP contribution in [0.5, 0.6) is 23.0 Å². The molecule has 0 saturated heterocycles. The number of rotatable bonds is 31. The molecule has 0 bridgehead atoms. The van der Waals surface area contributed by atoms with Gasteiger partial charge >= 0.3 is 0 Å². The van der Waals surface area contributed by atoms with Crippen LogP contribution < -0.4 is 19.1 Å².